The van der Waals surface area contributed by atoms with E-state index in [9.17, 15) is 9.90 Å². The summed E-state index contributed by atoms with van der Waals surface area (Å²) in [5.74, 6) is 0.233. The van der Waals surface area contributed by atoms with E-state index >= 15 is 0 Å². The van der Waals surface area contributed by atoms with Gasteiger partial charge in [0, 0.05) is 54.9 Å². The van der Waals surface area contributed by atoms with Crippen molar-refractivity contribution in [2.24, 2.45) is 5.92 Å². The second kappa shape index (κ2) is 8.57. The zero-order valence-corrected chi connectivity index (χ0v) is 18.9. The number of rotatable bonds is 5. The molecular formula is C27H31N3O2. The van der Waals surface area contributed by atoms with Gasteiger partial charge in [-0.2, -0.15) is 0 Å². The monoisotopic (exact) mass is 429 g/mol. The summed E-state index contributed by atoms with van der Waals surface area (Å²) in [5, 5.41) is 12.7. The third-order valence-corrected chi connectivity index (χ3v) is 6.92. The summed E-state index contributed by atoms with van der Waals surface area (Å²) >= 11 is 0. The van der Waals surface area contributed by atoms with Crippen molar-refractivity contribution in [3.8, 4) is 0 Å². The third kappa shape index (κ3) is 3.87. The van der Waals surface area contributed by atoms with E-state index in [2.05, 4.69) is 48.7 Å². The quantitative estimate of drug-likeness (QED) is 0.473. The van der Waals surface area contributed by atoms with Crippen LogP contribution >= 0.6 is 0 Å². The lowest BCUT2D eigenvalue weighted by molar-refractivity contribution is 0.0914. The molecule has 1 aromatic heterocycles. The Balaban J connectivity index is 1.51. The van der Waals surface area contributed by atoms with E-state index in [1.807, 2.05) is 29.0 Å². The number of carbonyl (C=O) groups is 1. The number of hydrogen-bond donors (Lipinski definition) is 2. The van der Waals surface area contributed by atoms with Gasteiger partial charge in [0.25, 0.3) is 0 Å². The minimum Gasteiger partial charge on any atom is -0.395 e. The fourth-order valence-corrected chi connectivity index (χ4v) is 5.23. The molecule has 2 N–H and O–H groups in total. The van der Waals surface area contributed by atoms with Crippen LogP contribution in [0.5, 0.6) is 0 Å². The van der Waals surface area contributed by atoms with Crippen LogP contribution in [0.2, 0.25) is 0 Å². The van der Waals surface area contributed by atoms with Gasteiger partial charge in [0.15, 0.2) is 5.78 Å². The molecule has 0 bridgehead atoms. The SMILES string of the molecule is Cc1ccc2c(c1)CC(C(=O)c1cn(CCO)c3cc(C4=CNN(C)C4)ccc13)CCC2. The summed E-state index contributed by atoms with van der Waals surface area (Å²) in [5.41, 5.74) is 11.3. The number of hydrazine groups is 1. The lowest BCUT2D eigenvalue weighted by Gasteiger charge is -2.14. The zero-order chi connectivity index (χ0) is 22.2. The molecule has 0 spiro atoms. The van der Waals surface area contributed by atoms with Gasteiger partial charge in [0.1, 0.15) is 0 Å². The van der Waals surface area contributed by atoms with Gasteiger partial charge in [-0.1, -0.05) is 35.9 Å². The summed E-state index contributed by atoms with van der Waals surface area (Å²) in [6.45, 7) is 3.48. The van der Waals surface area contributed by atoms with Crippen molar-refractivity contribution < 1.29 is 9.90 Å². The van der Waals surface area contributed by atoms with E-state index in [1.54, 1.807) is 0 Å². The fourth-order valence-electron chi connectivity index (χ4n) is 5.23. The number of aliphatic hydroxyl groups is 1. The number of aliphatic hydroxyl groups excluding tert-OH is 1. The molecule has 0 radical (unpaired) electrons. The number of nitrogens with zero attached hydrogens (tertiary/aromatic N) is 2. The predicted molar refractivity (Wildman–Crippen MR) is 128 cm³/mol. The number of aryl methyl sites for hydroxylation is 2. The number of Topliss-reactive ketones (excluding diaryl/α,β-unsaturated/α-hetero) is 1. The van der Waals surface area contributed by atoms with Crippen LogP contribution in [0.1, 0.15) is 45.5 Å². The van der Waals surface area contributed by atoms with Gasteiger partial charge in [-0.3, -0.25) is 4.79 Å². The predicted octanol–water partition coefficient (Wildman–Crippen LogP) is 4.11. The second-order valence-corrected chi connectivity index (χ2v) is 9.28. The van der Waals surface area contributed by atoms with E-state index in [-0.39, 0.29) is 18.3 Å². The largest absolute Gasteiger partial charge is 0.395 e. The van der Waals surface area contributed by atoms with Crippen molar-refractivity contribution in [3.63, 3.8) is 0 Å². The van der Waals surface area contributed by atoms with Crippen LogP contribution in [-0.2, 0) is 19.4 Å². The Morgan fingerprint density at radius 1 is 1.19 bits per heavy atom. The molecule has 1 aliphatic heterocycles. The summed E-state index contributed by atoms with van der Waals surface area (Å²) in [4.78, 5) is 13.8. The molecule has 32 heavy (non-hydrogen) atoms. The number of hydrogen-bond acceptors (Lipinski definition) is 4. The minimum absolute atomic E-state index is 0.00120. The summed E-state index contributed by atoms with van der Waals surface area (Å²) in [7, 11) is 2.01. The van der Waals surface area contributed by atoms with Crippen molar-refractivity contribution in [1.29, 1.82) is 0 Å². The van der Waals surface area contributed by atoms with Crippen molar-refractivity contribution in [2.75, 3.05) is 20.2 Å². The molecule has 5 rings (SSSR count). The van der Waals surface area contributed by atoms with Crippen LogP contribution in [0.3, 0.4) is 0 Å². The second-order valence-electron chi connectivity index (χ2n) is 9.28. The minimum atomic E-state index is 0.00120. The Hall–Kier alpha value is -2.89. The molecule has 2 aromatic carbocycles. The number of benzene rings is 2. The molecule has 1 unspecified atom stereocenters. The number of likely N-dealkylation sites (N-methyl/N-ethyl adjacent to an activating group) is 1. The smallest absolute Gasteiger partial charge is 0.168 e. The third-order valence-electron chi connectivity index (χ3n) is 6.92. The molecule has 5 nitrogen and oxygen atoms in total. The number of nitrogens with one attached hydrogen (secondary N) is 1. The highest BCUT2D eigenvalue weighted by Gasteiger charge is 2.27. The molecule has 2 aliphatic rings. The maximum atomic E-state index is 13.8. The Morgan fingerprint density at radius 2 is 2.06 bits per heavy atom. The zero-order valence-electron chi connectivity index (χ0n) is 18.9. The van der Waals surface area contributed by atoms with Gasteiger partial charge in [-0.15, -0.1) is 0 Å². The number of ketones is 1. The first-order valence-corrected chi connectivity index (χ1v) is 11.6. The Bertz CT molecular complexity index is 1210. The van der Waals surface area contributed by atoms with Gasteiger partial charge in [0.05, 0.1) is 6.61 Å². The topological polar surface area (TPSA) is 57.5 Å². The molecule has 0 saturated heterocycles. The van der Waals surface area contributed by atoms with Gasteiger partial charge < -0.3 is 15.1 Å². The van der Waals surface area contributed by atoms with Crippen LogP contribution < -0.4 is 5.43 Å². The molecule has 0 amide bonds. The molecule has 1 aliphatic carbocycles. The van der Waals surface area contributed by atoms with Crippen molar-refractivity contribution in [1.82, 2.24) is 15.0 Å². The standard InChI is InChI=1S/C27H31N3O2/c1-18-6-7-19-4-3-5-21(13-22(19)12-18)27(32)25-17-30(10-11-31)26-14-20(8-9-24(25)26)23-15-28-29(2)16-23/h6-9,12,14-15,17,21,28,31H,3-5,10-11,13,16H2,1-2H3. The van der Waals surface area contributed by atoms with Crippen molar-refractivity contribution in [2.45, 2.75) is 39.2 Å². The molecule has 0 saturated carbocycles. The van der Waals surface area contributed by atoms with Crippen LogP contribution in [0, 0.1) is 12.8 Å². The maximum Gasteiger partial charge on any atom is 0.168 e. The molecule has 5 heteroatoms. The lowest BCUT2D eigenvalue weighted by Crippen LogP contribution is -2.24. The van der Waals surface area contributed by atoms with Gasteiger partial charge >= 0.3 is 0 Å². The van der Waals surface area contributed by atoms with E-state index in [4.69, 9.17) is 0 Å². The highest BCUT2D eigenvalue weighted by atomic mass is 16.3. The molecule has 0 fully saturated rings. The van der Waals surface area contributed by atoms with Crippen LogP contribution in [0.25, 0.3) is 16.5 Å². The normalized spacial score (nSPS) is 18.8. The molecule has 2 heterocycles. The van der Waals surface area contributed by atoms with Crippen LogP contribution in [-0.4, -0.2) is 40.7 Å². The first kappa shape index (κ1) is 21.0. The van der Waals surface area contributed by atoms with Crippen LogP contribution in [0.4, 0.5) is 0 Å². The molecule has 3 aromatic rings. The molecular weight excluding hydrogens is 398 g/mol. The van der Waals surface area contributed by atoms with Crippen LogP contribution in [0.15, 0.2) is 48.8 Å². The average Bonchev–Trinajstić information content (AvgIpc) is 3.30. The van der Waals surface area contributed by atoms with E-state index in [0.29, 0.717) is 6.54 Å². The fraction of sp³-hybridized carbons (Fsp3) is 0.370. The lowest BCUT2D eigenvalue weighted by atomic mass is 9.88. The van der Waals surface area contributed by atoms with Gasteiger partial charge in [-0.25, -0.2) is 5.01 Å². The van der Waals surface area contributed by atoms with Gasteiger partial charge in [-0.05, 0) is 60.9 Å². The number of fused-ring (bicyclic) bond motifs is 2. The summed E-state index contributed by atoms with van der Waals surface area (Å²) in [6.07, 6.45) is 7.81. The van der Waals surface area contributed by atoms with E-state index < -0.39 is 0 Å². The van der Waals surface area contributed by atoms with Crippen molar-refractivity contribution in [3.05, 3.63) is 76.6 Å². The maximum absolute atomic E-state index is 13.8. The van der Waals surface area contributed by atoms with Crippen molar-refractivity contribution >= 4 is 22.3 Å². The summed E-state index contributed by atoms with van der Waals surface area (Å²) < 4.78 is 2.04. The highest BCUT2D eigenvalue weighted by Crippen LogP contribution is 2.32. The molecule has 166 valence electrons. The van der Waals surface area contributed by atoms with E-state index in [1.165, 1.54) is 22.3 Å². The Morgan fingerprint density at radius 3 is 2.84 bits per heavy atom. The summed E-state index contributed by atoms with van der Waals surface area (Å²) in [6, 6.07) is 13.0. The number of carbonyl (C=O) groups excluding carboxylic acids is 1. The Labute approximate surface area is 189 Å². The number of aromatic nitrogens is 1. The first-order chi connectivity index (χ1) is 15.5. The van der Waals surface area contributed by atoms with Gasteiger partial charge in [0.2, 0.25) is 0 Å². The average molecular weight is 430 g/mol. The van der Waals surface area contributed by atoms with E-state index in [0.717, 1.165) is 54.3 Å². The highest BCUT2D eigenvalue weighted by molar-refractivity contribution is 6.09. The Kier molecular flexibility index (Phi) is 5.62. The molecule has 1 atom stereocenters. The first-order valence-electron chi connectivity index (χ1n) is 11.6.